The van der Waals surface area contributed by atoms with Crippen molar-refractivity contribution in [1.82, 2.24) is 10.2 Å². The smallest absolute Gasteiger partial charge is 0.244 e. The van der Waals surface area contributed by atoms with Gasteiger partial charge in [0.05, 0.1) is 31.2 Å². The summed E-state index contributed by atoms with van der Waals surface area (Å²) in [4.78, 5) is 29.8. The molecule has 0 saturated heterocycles. The van der Waals surface area contributed by atoms with Gasteiger partial charge in [0.2, 0.25) is 21.8 Å². The molecule has 0 bridgehead atoms. The molecule has 0 unspecified atom stereocenters. The van der Waals surface area contributed by atoms with Crippen LogP contribution in [0.1, 0.15) is 43.2 Å². The second kappa shape index (κ2) is 15.3. The number of carbonyl (C=O) groups excluding carboxylic acids is 2. The van der Waals surface area contributed by atoms with Gasteiger partial charge in [-0.1, -0.05) is 73.3 Å². The molecular weight excluding hydrogens is 602 g/mol. The first-order valence-corrected chi connectivity index (χ1v) is 16.9. The summed E-state index contributed by atoms with van der Waals surface area (Å²) in [5.41, 5.74) is 1.82. The fraction of sp³-hybridized carbons (Fsp3) is 0.394. The monoisotopic (exact) mass is 641 g/mol. The Morgan fingerprint density at radius 3 is 2.27 bits per heavy atom. The Labute approximate surface area is 265 Å². The first-order chi connectivity index (χ1) is 21.1. The number of amides is 2. The molecule has 236 valence electrons. The molecule has 44 heavy (non-hydrogen) atoms. The van der Waals surface area contributed by atoms with Gasteiger partial charge in [-0.15, -0.1) is 0 Å². The zero-order chi connectivity index (χ0) is 31.7. The van der Waals surface area contributed by atoms with Gasteiger partial charge < -0.3 is 19.7 Å². The molecule has 3 aromatic rings. The van der Waals surface area contributed by atoms with Crippen LogP contribution in [0, 0.1) is 0 Å². The van der Waals surface area contributed by atoms with Crippen molar-refractivity contribution >= 4 is 39.1 Å². The van der Waals surface area contributed by atoms with Crippen LogP contribution in [-0.4, -0.2) is 64.2 Å². The van der Waals surface area contributed by atoms with E-state index in [2.05, 4.69) is 5.32 Å². The van der Waals surface area contributed by atoms with Gasteiger partial charge in [-0.25, -0.2) is 8.42 Å². The lowest BCUT2D eigenvalue weighted by molar-refractivity contribution is -0.140. The van der Waals surface area contributed by atoms with Crippen LogP contribution >= 0.6 is 11.6 Å². The van der Waals surface area contributed by atoms with Gasteiger partial charge in [-0.05, 0) is 54.3 Å². The highest BCUT2D eigenvalue weighted by Gasteiger charge is 2.34. The molecule has 0 radical (unpaired) electrons. The number of sulfonamides is 1. The van der Waals surface area contributed by atoms with Gasteiger partial charge in [-0.3, -0.25) is 13.9 Å². The van der Waals surface area contributed by atoms with Gasteiger partial charge in [0.15, 0.2) is 0 Å². The molecule has 4 rings (SSSR count). The van der Waals surface area contributed by atoms with E-state index >= 15 is 0 Å². The van der Waals surface area contributed by atoms with Crippen molar-refractivity contribution in [2.75, 3.05) is 31.3 Å². The minimum atomic E-state index is -3.93. The maximum Gasteiger partial charge on any atom is 0.244 e. The summed E-state index contributed by atoms with van der Waals surface area (Å²) in [5, 5.41) is 3.40. The average molecular weight is 642 g/mol. The quantitative estimate of drug-likeness (QED) is 0.275. The number of nitrogens with zero attached hydrogens (tertiary/aromatic N) is 2. The molecule has 0 heterocycles. The summed E-state index contributed by atoms with van der Waals surface area (Å²) in [6.07, 6.45) is 6.26. The van der Waals surface area contributed by atoms with Crippen LogP contribution in [0.2, 0.25) is 5.02 Å². The molecule has 11 heteroatoms. The number of anilines is 1. The van der Waals surface area contributed by atoms with E-state index in [-0.39, 0.29) is 35.6 Å². The predicted octanol–water partition coefficient (Wildman–Crippen LogP) is 5.21. The van der Waals surface area contributed by atoms with Crippen molar-refractivity contribution in [2.24, 2.45) is 0 Å². The topological polar surface area (TPSA) is 105 Å². The van der Waals surface area contributed by atoms with Gasteiger partial charge in [0, 0.05) is 19.0 Å². The number of carbonyl (C=O) groups is 2. The first kappa shape index (κ1) is 33.1. The molecule has 0 spiro atoms. The molecule has 1 saturated carbocycles. The Kier molecular flexibility index (Phi) is 11.5. The van der Waals surface area contributed by atoms with E-state index in [9.17, 15) is 18.0 Å². The third-order valence-corrected chi connectivity index (χ3v) is 9.25. The number of halogens is 1. The maximum atomic E-state index is 14.3. The minimum Gasteiger partial charge on any atom is -0.497 e. The number of hydrogen-bond donors (Lipinski definition) is 1. The van der Waals surface area contributed by atoms with Gasteiger partial charge in [0.1, 0.15) is 24.1 Å². The Hall–Kier alpha value is -3.76. The van der Waals surface area contributed by atoms with Crippen LogP contribution in [0.25, 0.3) is 0 Å². The standard InChI is InChI=1S/C33H40ClN3O6S/c1-42-28-16-10-13-25(19-28)22-36(32(38)23-37(44(3,40)41)27-17-18-31(43-2)29(34)21-27)30(20-24-11-6-4-7-12-24)33(39)35-26-14-8-5-9-15-26/h4,6-7,10-13,16-19,21,26,30H,5,8-9,14-15,20,22-23H2,1-3H3,(H,35,39)/t30-/m0/s1. The Balaban J connectivity index is 1.74. The van der Waals surface area contributed by atoms with Crippen molar-refractivity contribution in [3.8, 4) is 11.5 Å². The normalized spacial score (nSPS) is 14.4. The second-order valence-electron chi connectivity index (χ2n) is 11.0. The van der Waals surface area contributed by atoms with E-state index in [1.54, 1.807) is 25.3 Å². The fourth-order valence-corrected chi connectivity index (χ4v) is 6.58. The number of nitrogens with one attached hydrogen (secondary N) is 1. The SMILES string of the molecule is COc1cccc(CN(C(=O)CN(c2ccc(OC)c(Cl)c2)S(C)(=O)=O)[C@@H](Cc2ccccc2)C(=O)NC2CCCCC2)c1. The van der Waals surface area contributed by atoms with Crippen LogP contribution in [0.5, 0.6) is 11.5 Å². The Bertz CT molecular complexity index is 1530. The van der Waals surface area contributed by atoms with E-state index in [1.165, 1.54) is 24.1 Å². The third-order valence-electron chi connectivity index (χ3n) is 7.81. The van der Waals surface area contributed by atoms with E-state index in [4.69, 9.17) is 21.1 Å². The number of rotatable bonds is 13. The van der Waals surface area contributed by atoms with Crippen molar-refractivity contribution in [2.45, 2.75) is 57.2 Å². The lowest BCUT2D eigenvalue weighted by Gasteiger charge is -2.35. The minimum absolute atomic E-state index is 0.0252. The Morgan fingerprint density at radius 2 is 1.64 bits per heavy atom. The summed E-state index contributed by atoms with van der Waals surface area (Å²) < 4.78 is 37.7. The first-order valence-electron chi connectivity index (χ1n) is 14.7. The largest absolute Gasteiger partial charge is 0.497 e. The molecule has 1 aliphatic rings. The summed E-state index contributed by atoms with van der Waals surface area (Å²) in [6.45, 7) is -0.472. The zero-order valence-corrected chi connectivity index (χ0v) is 26.9. The molecule has 1 N–H and O–H groups in total. The summed E-state index contributed by atoms with van der Waals surface area (Å²) in [7, 11) is -0.912. The summed E-state index contributed by atoms with van der Waals surface area (Å²) >= 11 is 6.33. The Morgan fingerprint density at radius 1 is 0.932 bits per heavy atom. The van der Waals surface area contributed by atoms with Crippen LogP contribution in [-0.2, 0) is 32.6 Å². The van der Waals surface area contributed by atoms with Crippen molar-refractivity contribution < 1.29 is 27.5 Å². The summed E-state index contributed by atoms with van der Waals surface area (Å²) in [5.74, 6) is 0.171. The zero-order valence-electron chi connectivity index (χ0n) is 25.4. The highest BCUT2D eigenvalue weighted by Crippen LogP contribution is 2.30. The highest BCUT2D eigenvalue weighted by molar-refractivity contribution is 7.92. The predicted molar refractivity (Wildman–Crippen MR) is 173 cm³/mol. The second-order valence-corrected chi connectivity index (χ2v) is 13.3. The fourth-order valence-electron chi connectivity index (χ4n) is 5.49. The maximum absolute atomic E-state index is 14.3. The molecule has 1 fully saturated rings. The van der Waals surface area contributed by atoms with Crippen molar-refractivity contribution in [3.63, 3.8) is 0 Å². The lowest BCUT2D eigenvalue weighted by atomic mass is 9.94. The van der Waals surface area contributed by atoms with E-state index in [0.29, 0.717) is 11.5 Å². The third kappa shape index (κ3) is 8.89. The van der Waals surface area contributed by atoms with Crippen LogP contribution in [0.4, 0.5) is 5.69 Å². The van der Waals surface area contributed by atoms with E-state index in [1.807, 2.05) is 42.5 Å². The number of benzene rings is 3. The number of methoxy groups -OCH3 is 2. The van der Waals surface area contributed by atoms with Crippen LogP contribution < -0.4 is 19.1 Å². The average Bonchev–Trinajstić information content (AvgIpc) is 3.02. The van der Waals surface area contributed by atoms with Crippen LogP contribution in [0.15, 0.2) is 72.8 Å². The summed E-state index contributed by atoms with van der Waals surface area (Å²) in [6, 6.07) is 20.4. The van der Waals surface area contributed by atoms with E-state index in [0.717, 1.165) is 53.8 Å². The molecule has 3 aromatic carbocycles. The molecule has 1 aliphatic carbocycles. The van der Waals surface area contributed by atoms with E-state index < -0.39 is 28.5 Å². The van der Waals surface area contributed by atoms with Gasteiger partial charge in [-0.2, -0.15) is 0 Å². The molecule has 9 nitrogen and oxygen atoms in total. The van der Waals surface area contributed by atoms with Gasteiger partial charge in [0.25, 0.3) is 0 Å². The van der Waals surface area contributed by atoms with Crippen molar-refractivity contribution in [3.05, 3.63) is 88.9 Å². The molecule has 0 aromatic heterocycles. The van der Waals surface area contributed by atoms with Gasteiger partial charge >= 0.3 is 0 Å². The molecular formula is C33H40ClN3O6S. The lowest BCUT2D eigenvalue weighted by Crippen LogP contribution is -2.55. The van der Waals surface area contributed by atoms with Crippen molar-refractivity contribution in [1.29, 1.82) is 0 Å². The molecule has 0 aliphatic heterocycles. The number of ether oxygens (including phenoxy) is 2. The molecule has 1 atom stereocenters. The van der Waals surface area contributed by atoms with Crippen LogP contribution in [0.3, 0.4) is 0 Å². The molecule has 2 amide bonds. The number of hydrogen-bond acceptors (Lipinski definition) is 6. The highest BCUT2D eigenvalue weighted by atomic mass is 35.5.